The molecule has 0 unspecified atom stereocenters. The number of nitrogens with one attached hydrogen (secondary N) is 1. The molecule has 0 spiro atoms. The lowest BCUT2D eigenvalue weighted by Crippen LogP contribution is -2.45. The zero-order valence-corrected chi connectivity index (χ0v) is 44.3. The monoisotopic (exact) mass is 1070 g/mol. The minimum absolute atomic E-state index is 0.281. The van der Waals surface area contributed by atoms with Gasteiger partial charge in [0.1, 0.15) is 17.1 Å². The quantitative estimate of drug-likeness (QED) is 0.0978. The summed E-state index contributed by atoms with van der Waals surface area (Å²) in [6.07, 6.45) is 5.88. The van der Waals surface area contributed by atoms with Crippen LogP contribution in [-0.4, -0.2) is 108 Å². The van der Waals surface area contributed by atoms with Crippen LogP contribution in [0.25, 0.3) is 52.9 Å². The van der Waals surface area contributed by atoms with Crippen LogP contribution < -0.4 is 14.8 Å². The van der Waals surface area contributed by atoms with Crippen molar-refractivity contribution in [2.75, 3.05) is 38.8 Å². The molecule has 4 aromatic heterocycles. The van der Waals surface area contributed by atoms with Gasteiger partial charge in [0.25, 0.3) is 0 Å². The van der Waals surface area contributed by atoms with E-state index in [9.17, 15) is 31.5 Å². The van der Waals surface area contributed by atoms with Gasteiger partial charge in [-0.25, -0.2) is 36.4 Å². The van der Waals surface area contributed by atoms with Gasteiger partial charge >= 0.3 is 12.2 Å². The first-order valence-electron chi connectivity index (χ1n) is 21.8. The predicted molar refractivity (Wildman–Crippen MR) is 277 cm³/mol. The van der Waals surface area contributed by atoms with Crippen LogP contribution in [0.4, 0.5) is 9.59 Å². The fraction of sp³-hybridized carbons (Fsp3) is 0.333. The minimum Gasteiger partial charge on any atom is -0.492 e. The molecule has 372 valence electrons. The first-order chi connectivity index (χ1) is 32.7. The number of imidazole rings is 2. The largest absolute Gasteiger partial charge is 0.492 e. The number of hydrogen-bond acceptors (Lipinski definition) is 13. The molecule has 0 saturated heterocycles. The van der Waals surface area contributed by atoms with E-state index in [0.29, 0.717) is 60.7 Å². The molecule has 4 aromatic carbocycles. The number of nitrogens with zero attached hydrogens (tertiary/aromatic N) is 5. The van der Waals surface area contributed by atoms with Crippen LogP contribution in [0, 0.1) is 0 Å². The maximum absolute atomic E-state index is 11.9. The number of alkyl carbamates (subject to hydrolysis) is 1. The Balaban J connectivity index is 0.000000206. The summed E-state index contributed by atoms with van der Waals surface area (Å²) in [6, 6.07) is 21.0. The summed E-state index contributed by atoms with van der Waals surface area (Å²) in [5, 5.41) is 13.1. The number of carbonyl (C=O) groups is 2. The van der Waals surface area contributed by atoms with Gasteiger partial charge in [0.2, 0.25) is 0 Å². The van der Waals surface area contributed by atoms with Crippen LogP contribution in [0.15, 0.2) is 95.0 Å². The predicted octanol–water partition coefficient (Wildman–Crippen LogP) is 11.4. The molecular formula is C48H52Cl2N6O10S4. The number of benzene rings is 4. The van der Waals surface area contributed by atoms with Crippen molar-refractivity contribution in [2.45, 2.75) is 75.3 Å². The Labute approximate surface area is 423 Å². The second-order valence-corrected chi connectivity index (χ2v) is 25.2. The Hall–Kier alpha value is -5.64. The average Bonchev–Trinajstić information content (AvgIpc) is 4.02. The SMILES string of the molecule is CC(C)(C)N(CCCOc1cc(-c2cn3c(n2)sc2cc(S(C)(=O)=O)ccc23)ccc1Cl)C(=O)O.CC(C)(C)OC(=O)NCCCOc1cc(-c2cn3c(n2)sc2cc(S(C)(=O)=O)ccc23)ccc1Cl. The Morgan fingerprint density at radius 3 is 1.57 bits per heavy atom. The molecule has 0 atom stereocenters. The normalized spacial score (nSPS) is 12.3. The number of ether oxygens (including phenoxy) is 3. The third-order valence-corrected chi connectivity index (χ3v) is 15.4. The molecule has 8 rings (SSSR count). The highest BCUT2D eigenvalue weighted by Crippen LogP contribution is 2.36. The Morgan fingerprint density at radius 2 is 1.16 bits per heavy atom. The van der Waals surface area contributed by atoms with Gasteiger partial charge in [0, 0.05) is 54.7 Å². The lowest BCUT2D eigenvalue weighted by Gasteiger charge is -2.33. The van der Waals surface area contributed by atoms with Crippen molar-refractivity contribution in [3.63, 3.8) is 0 Å². The average molecular weight is 1070 g/mol. The second-order valence-electron chi connectivity index (χ2n) is 18.3. The van der Waals surface area contributed by atoms with Gasteiger partial charge in [-0.2, -0.15) is 0 Å². The first-order valence-corrected chi connectivity index (χ1v) is 28.0. The number of thiazole rings is 2. The standard InChI is InChI=1S/2C24H26ClN3O5S2/c1-24(2,3)28(23(29)30)10-5-11-33-20-12-15(6-8-17(20)25)18-14-27-19-9-7-16(35(4,31)32)13-21(19)34-22(27)26-18;1-24(2,3)33-23(29)26-10-5-11-32-20-12-15(6-8-17(20)25)18-14-28-19-9-7-16(35(4,30)31)13-21(19)34-22(28)27-18/h6-9,12-14H,5,10-11H2,1-4H3,(H,29,30);6-9,12-14H,5,10-11H2,1-4H3,(H,26,29). The van der Waals surface area contributed by atoms with Crippen molar-refractivity contribution in [1.29, 1.82) is 0 Å². The highest BCUT2D eigenvalue weighted by molar-refractivity contribution is 7.91. The van der Waals surface area contributed by atoms with Crippen molar-refractivity contribution < 1.29 is 45.7 Å². The molecule has 0 fully saturated rings. The van der Waals surface area contributed by atoms with E-state index in [-0.39, 0.29) is 9.79 Å². The van der Waals surface area contributed by atoms with E-state index < -0.39 is 43.0 Å². The number of amides is 2. The van der Waals surface area contributed by atoms with Gasteiger partial charge in [-0.15, -0.1) is 0 Å². The van der Waals surface area contributed by atoms with Crippen LogP contribution in [0.5, 0.6) is 11.5 Å². The van der Waals surface area contributed by atoms with Crippen LogP contribution in [0.3, 0.4) is 0 Å². The van der Waals surface area contributed by atoms with Crippen molar-refractivity contribution in [3.8, 4) is 34.0 Å². The fourth-order valence-corrected chi connectivity index (χ4v) is 11.0. The molecule has 4 heterocycles. The van der Waals surface area contributed by atoms with Gasteiger partial charge in [-0.05, 0) is 115 Å². The Bertz CT molecular complexity index is 3480. The maximum Gasteiger partial charge on any atom is 0.407 e. The number of sulfone groups is 2. The molecule has 0 radical (unpaired) electrons. The maximum atomic E-state index is 11.9. The molecular weight excluding hydrogens is 1020 g/mol. The van der Waals surface area contributed by atoms with Gasteiger partial charge in [0.15, 0.2) is 29.6 Å². The third-order valence-electron chi connectivity index (χ3n) is 10.5. The minimum atomic E-state index is -3.28. The lowest BCUT2D eigenvalue weighted by molar-refractivity contribution is 0.0525. The molecule has 0 aliphatic carbocycles. The molecule has 0 aliphatic rings. The topological polar surface area (TPSA) is 200 Å². The number of rotatable bonds is 14. The number of halogens is 2. The fourth-order valence-electron chi connectivity index (χ4n) is 7.13. The molecule has 0 saturated carbocycles. The molecule has 16 nitrogen and oxygen atoms in total. The van der Waals surface area contributed by atoms with Crippen LogP contribution in [-0.2, 0) is 24.4 Å². The van der Waals surface area contributed by atoms with E-state index >= 15 is 0 Å². The van der Waals surface area contributed by atoms with E-state index in [1.807, 2.05) is 87.0 Å². The summed E-state index contributed by atoms with van der Waals surface area (Å²) in [4.78, 5) is 36.1. The Morgan fingerprint density at radius 1 is 0.700 bits per heavy atom. The van der Waals surface area contributed by atoms with E-state index in [1.165, 1.54) is 40.1 Å². The summed E-state index contributed by atoms with van der Waals surface area (Å²) in [7, 11) is -6.56. The zero-order chi connectivity index (χ0) is 50.9. The molecule has 0 aliphatic heterocycles. The molecule has 2 amide bonds. The summed E-state index contributed by atoms with van der Waals surface area (Å²) in [6.45, 7) is 12.4. The first kappa shape index (κ1) is 52.2. The van der Waals surface area contributed by atoms with Crippen molar-refractivity contribution in [1.82, 2.24) is 29.0 Å². The zero-order valence-electron chi connectivity index (χ0n) is 39.6. The molecule has 0 bridgehead atoms. The van der Waals surface area contributed by atoms with Crippen molar-refractivity contribution in [2.24, 2.45) is 0 Å². The molecule has 22 heteroatoms. The van der Waals surface area contributed by atoms with E-state index in [2.05, 4.69) is 5.32 Å². The van der Waals surface area contributed by atoms with Gasteiger partial charge in [0.05, 0.1) is 64.9 Å². The summed E-state index contributed by atoms with van der Waals surface area (Å²) in [5.41, 5.74) is 3.88. The number of carbonyl (C=O) groups excluding carboxylic acids is 1. The number of fused-ring (bicyclic) bond motifs is 6. The lowest BCUT2D eigenvalue weighted by atomic mass is 10.1. The van der Waals surface area contributed by atoms with Crippen molar-refractivity contribution in [3.05, 3.63) is 95.2 Å². The summed E-state index contributed by atoms with van der Waals surface area (Å²) >= 11 is 15.5. The Kier molecular flexibility index (Phi) is 15.4. The van der Waals surface area contributed by atoms with Crippen LogP contribution >= 0.6 is 45.9 Å². The third kappa shape index (κ3) is 12.6. The number of hydrogen-bond donors (Lipinski definition) is 2. The van der Waals surface area contributed by atoms with Crippen molar-refractivity contribution >= 4 is 108 Å². The smallest absolute Gasteiger partial charge is 0.407 e. The molecule has 70 heavy (non-hydrogen) atoms. The van der Waals surface area contributed by atoms with Gasteiger partial charge in [-0.3, -0.25) is 8.80 Å². The van der Waals surface area contributed by atoms with E-state index in [4.69, 9.17) is 47.4 Å². The second kappa shape index (κ2) is 20.6. The van der Waals surface area contributed by atoms with E-state index in [1.54, 1.807) is 48.5 Å². The van der Waals surface area contributed by atoms with E-state index in [0.717, 1.165) is 52.9 Å². The van der Waals surface area contributed by atoms with Crippen LogP contribution in [0.2, 0.25) is 10.0 Å². The summed E-state index contributed by atoms with van der Waals surface area (Å²) in [5.74, 6) is 1.03. The van der Waals surface area contributed by atoms with Gasteiger partial charge < -0.3 is 29.5 Å². The number of aromatic nitrogens is 4. The summed E-state index contributed by atoms with van der Waals surface area (Å²) < 4.78 is 69.9. The number of carboxylic acid groups (broad SMARTS) is 1. The van der Waals surface area contributed by atoms with Gasteiger partial charge in [-0.1, -0.05) is 58.0 Å². The molecule has 8 aromatic rings. The van der Waals surface area contributed by atoms with Crippen LogP contribution in [0.1, 0.15) is 54.4 Å². The molecule has 2 N–H and O–H groups in total. The highest BCUT2D eigenvalue weighted by Gasteiger charge is 2.26. The highest BCUT2D eigenvalue weighted by atomic mass is 35.5.